The van der Waals surface area contributed by atoms with Gasteiger partial charge in [-0.15, -0.1) is 0 Å². The number of rotatable bonds is 5. The second-order valence-corrected chi connectivity index (χ2v) is 2.54. The summed E-state index contributed by atoms with van der Waals surface area (Å²) < 4.78 is 9.60. The normalized spacial score (nSPS) is 13.2. The first-order valence-electron chi connectivity index (χ1n) is 3.97. The van der Waals surface area contributed by atoms with Crippen LogP contribution in [0.1, 0.15) is 17.8 Å². The number of aliphatic hydroxyl groups is 1. The van der Waals surface area contributed by atoms with E-state index in [-0.39, 0.29) is 12.4 Å². The van der Waals surface area contributed by atoms with Gasteiger partial charge in [0.2, 0.25) is 0 Å². The third kappa shape index (κ3) is 2.76. The standard InChI is InChI=1S/C7H13N3O3/c1-12-3-2-6-9-7(13-10-6)5(11)4-8/h5,11H,2-4,8H2,1H3/t5-/m0/s1. The van der Waals surface area contributed by atoms with E-state index in [4.69, 9.17) is 15.0 Å². The van der Waals surface area contributed by atoms with Crippen molar-refractivity contribution in [2.24, 2.45) is 5.73 Å². The molecule has 6 heteroatoms. The van der Waals surface area contributed by atoms with Gasteiger partial charge in [-0.1, -0.05) is 5.16 Å². The van der Waals surface area contributed by atoms with Crippen LogP contribution < -0.4 is 5.73 Å². The average Bonchev–Trinajstić information content (AvgIpc) is 2.62. The minimum absolute atomic E-state index is 0.0753. The monoisotopic (exact) mass is 187 g/mol. The van der Waals surface area contributed by atoms with Gasteiger partial charge in [-0.2, -0.15) is 4.98 Å². The van der Waals surface area contributed by atoms with Gasteiger partial charge in [0.1, 0.15) is 6.10 Å². The van der Waals surface area contributed by atoms with Crippen molar-refractivity contribution in [2.45, 2.75) is 12.5 Å². The number of aromatic nitrogens is 2. The summed E-state index contributed by atoms with van der Waals surface area (Å²) in [6.07, 6.45) is -0.305. The molecule has 1 heterocycles. The molecule has 1 aromatic rings. The average molecular weight is 187 g/mol. The molecule has 3 N–H and O–H groups in total. The SMILES string of the molecule is COCCc1noc([C@@H](O)CN)n1. The zero-order valence-corrected chi connectivity index (χ0v) is 7.43. The van der Waals surface area contributed by atoms with Crippen LogP contribution in [0.4, 0.5) is 0 Å². The van der Waals surface area contributed by atoms with Crippen LogP contribution in [-0.4, -0.2) is 35.5 Å². The van der Waals surface area contributed by atoms with Crippen LogP contribution in [0, 0.1) is 0 Å². The molecule has 0 saturated heterocycles. The Morgan fingerprint density at radius 3 is 3.08 bits per heavy atom. The van der Waals surface area contributed by atoms with Crippen LogP contribution in [0.3, 0.4) is 0 Å². The summed E-state index contributed by atoms with van der Waals surface area (Å²) in [4.78, 5) is 3.93. The van der Waals surface area contributed by atoms with Gasteiger partial charge in [0, 0.05) is 20.1 Å². The Kier molecular flexibility index (Phi) is 3.81. The highest BCUT2D eigenvalue weighted by Gasteiger charge is 2.13. The molecular weight excluding hydrogens is 174 g/mol. The molecule has 1 aromatic heterocycles. The van der Waals surface area contributed by atoms with E-state index >= 15 is 0 Å². The lowest BCUT2D eigenvalue weighted by molar-refractivity contribution is 0.141. The lowest BCUT2D eigenvalue weighted by Crippen LogP contribution is -2.11. The Bertz CT molecular complexity index is 251. The van der Waals surface area contributed by atoms with E-state index in [1.54, 1.807) is 7.11 Å². The van der Waals surface area contributed by atoms with E-state index in [0.29, 0.717) is 18.9 Å². The zero-order chi connectivity index (χ0) is 9.68. The lowest BCUT2D eigenvalue weighted by atomic mass is 10.3. The smallest absolute Gasteiger partial charge is 0.256 e. The maximum absolute atomic E-state index is 9.22. The van der Waals surface area contributed by atoms with Crippen molar-refractivity contribution in [3.63, 3.8) is 0 Å². The predicted octanol–water partition coefficient (Wildman–Crippen LogP) is -0.749. The fraction of sp³-hybridized carbons (Fsp3) is 0.714. The van der Waals surface area contributed by atoms with Gasteiger partial charge in [0.15, 0.2) is 5.82 Å². The Morgan fingerprint density at radius 1 is 1.69 bits per heavy atom. The molecule has 13 heavy (non-hydrogen) atoms. The molecule has 0 fully saturated rings. The number of nitrogens with two attached hydrogens (primary N) is 1. The van der Waals surface area contributed by atoms with Gasteiger partial charge in [0.25, 0.3) is 5.89 Å². The number of ether oxygens (including phenoxy) is 1. The van der Waals surface area contributed by atoms with E-state index in [1.165, 1.54) is 0 Å². The van der Waals surface area contributed by atoms with Crippen molar-refractivity contribution in [2.75, 3.05) is 20.3 Å². The minimum atomic E-state index is -0.871. The molecule has 0 aliphatic rings. The van der Waals surface area contributed by atoms with Crippen LogP contribution in [0.2, 0.25) is 0 Å². The Labute approximate surface area is 75.7 Å². The number of aliphatic hydroxyl groups excluding tert-OH is 1. The lowest BCUT2D eigenvalue weighted by Gasteiger charge is -1.97. The molecule has 0 radical (unpaired) electrons. The first-order chi connectivity index (χ1) is 6.27. The summed E-state index contributed by atoms with van der Waals surface area (Å²) in [5, 5.41) is 12.9. The predicted molar refractivity (Wildman–Crippen MR) is 43.9 cm³/mol. The molecule has 1 rings (SSSR count). The minimum Gasteiger partial charge on any atom is -0.384 e. The highest BCUT2D eigenvalue weighted by molar-refractivity contribution is 4.90. The summed E-state index contributed by atoms with van der Waals surface area (Å²) in [6.45, 7) is 0.601. The van der Waals surface area contributed by atoms with Crippen molar-refractivity contribution < 1.29 is 14.4 Å². The van der Waals surface area contributed by atoms with Gasteiger partial charge in [0.05, 0.1) is 6.61 Å². The second-order valence-electron chi connectivity index (χ2n) is 2.54. The Hall–Kier alpha value is -0.980. The summed E-state index contributed by atoms with van der Waals surface area (Å²) >= 11 is 0. The second kappa shape index (κ2) is 4.90. The molecular formula is C7H13N3O3. The third-order valence-corrected chi connectivity index (χ3v) is 1.52. The maximum atomic E-state index is 9.22. The molecule has 0 aliphatic carbocycles. The zero-order valence-electron chi connectivity index (χ0n) is 7.43. The van der Waals surface area contributed by atoms with Gasteiger partial charge < -0.3 is 20.1 Å². The van der Waals surface area contributed by atoms with Gasteiger partial charge in [-0.3, -0.25) is 0 Å². The highest BCUT2D eigenvalue weighted by Crippen LogP contribution is 2.08. The largest absolute Gasteiger partial charge is 0.384 e. The van der Waals surface area contributed by atoms with Gasteiger partial charge in [-0.05, 0) is 0 Å². The fourth-order valence-electron chi connectivity index (χ4n) is 0.799. The molecule has 0 aliphatic heterocycles. The highest BCUT2D eigenvalue weighted by atomic mass is 16.5. The van der Waals surface area contributed by atoms with E-state index in [1.807, 2.05) is 0 Å². The van der Waals surface area contributed by atoms with Crippen molar-refractivity contribution >= 4 is 0 Å². The van der Waals surface area contributed by atoms with E-state index in [9.17, 15) is 5.11 Å². The van der Waals surface area contributed by atoms with Crippen molar-refractivity contribution in [1.82, 2.24) is 10.1 Å². The fourth-order valence-corrected chi connectivity index (χ4v) is 0.799. The van der Waals surface area contributed by atoms with Gasteiger partial charge >= 0.3 is 0 Å². The van der Waals surface area contributed by atoms with E-state index < -0.39 is 6.10 Å². The Balaban J connectivity index is 2.53. The van der Waals surface area contributed by atoms with Crippen LogP contribution in [-0.2, 0) is 11.2 Å². The number of hydrogen-bond donors (Lipinski definition) is 2. The van der Waals surface area contributed by atoms with Crippen LogP contribution >= 0.6 is 0 Å². The Morgan fingerprint density at radius 2 is 2.46 bits per heavy atom. The van der Waals surface area contributed by atoms with Gasteiger partial charge in [-0.25, -0.2) is 0 Å². The topological polar surface area (TPSA) is 94.4 Å². The number of methoxy groups -OCH3 is 1. The number of nitrogens with zero attached hydrogens (tertiary/aromatic N) is 2. The van der Waals surface area contributed by atoms with Crippen molar-refractivity contribution in [1.29, 1.82) is 0 Å². The molecule has 74 valence electrons. The molecule has 0 unspecified atom stereocenters. The van der Waals surface area contributed by atoms with Crippen LogP contribution in [0.25, 0.3) is 0 Å². The molecule has 0 aromatic carbocycles. The third-order valence-electron chi connectivity index (χ3n) is 1.52. The quantitative estimate of drug-likeness (QED) is 0.629. The first-order valence-corrected chi connectivity index (χ1v) is 3.97. The van der Waals surface area contributed by atoms with Crippen LogP contribution in [0.5, 0.6) is 0 Å². The molecule has 6 nitrogen and oxygen atoms in total. The van der Waals surface area contributed by atoms with Crippen LogP contribution in [0.15, 0.2) is 4.52 Å². The van der Waals surface area contributed by atoms with Crippen molar-refractivity contribution in [3.05, 3.63) is 11.7 Å². The molecule has 1 atom stereocenters. The summed E-state index contributed by atoms with van der Waals surface area (Å²) in [6, 6.07) is 0. The first kappa shape index (κ1) is 10.1. The summed E-state index contributed by atoms with van der Waals surface area (Å²) in [5.41, 5.74) is 5.21. The van der Waals surface area contributed by atoms with Crippen molar-refractivity contribution in [3.8, 4) is 0 Å². The number of hydrogen-bond acceptors (Lipinski definition) is 6. The molecule has 0 spiro atoms. The molecule has 0 amide bonds. The van der Waals surface area contributed by atoms with E-state index in [0.717, 1.165) is 0 Å². The van der Waals surface area contributed by atoms with E-state index in [2.05, 4.69) is 10.1 Å². The molecule has 0 bridgehead atoms. The molecule has 0 saturated carbocycles. The summed E-state index contributed by atoms with van der Waals surface area (Å²) in [7, 11) is 1.59. The summed E-state index contributed by atoms with van der Waals surface area (Å²) in [5.74, 6) is 0.679. The maximum Gasteiger partial charge on any atom is 0.256 e.